The molecule has 0 saturated heterocycles. The first-order valence-corrected chi connectivity index (χ1v) is 9.58. The van der Waals surface area contributed by atoms with E-state index in [0.29, 0.717) is 34.3 Å². The third-order valence-electron chi connectivity index (χ3n) is 4.49. The molecule has 1 aromatic carbocycles. The summed E-state index contributed by atoms with van der Waals surface area (Å²) in [6, 6.07) is 4.68. The maximum absolute atomic E-state index is 13.7. The van der Waals surface area contributed by atoms with E-state index in [9.17, 15) is 14.0 Å². The third kappa shape index (κ3) is 2.50. The van der Waals surface area contributed by atoms with Gasteiger partial charge in [0.05, 0.1) is 10.2 Å². The van der Waals surface area contributed by atoms with Gasteiger partial charge in [-0.2, -0.15) is 0 Å². The smallest absolute Gasteiger partial charge is 0.249 e. The van der Waals surface area contributed by atoms with Crippen molar-refractivity contribution in [3.63, 3.8) is 0 Å². The molecule has 0 spiro atoms. The van der Waals surface area contributed by atoms with Crippen LogP contribution < -0.4 is 10.6 Å². The molecule has 1 aromatic rings. The van der Waals surface area contributed by atoms with Crippen LogP contribution in [0, 0.1) is 5.82 Å². The summed E-state index contributed by atoms with van der Waals surface area (Å²) in [5, 5.41) is 6.17. The average Bonchev–Trinajstić information content (AvgIpc) is 2.56. The number of ketones is 1. The van der Waals surface area contributed by atoms with Gasteiger partial charge in [0.2, 0.25) is 5.91 Å². The van der Waals surface area contributed by atoms with Crippen LogP contribution in [0.25, 0.3) is 0 Å². The Morgan fingerprint density at radius 1 is 1.17 bits per heavy atom. The summed E-state index contributed by atoms with van der Waals surface area (Å²) >= 11 is 4.78. The molecule has 3 aliphatic rings. The first kappa shape index (κ1) is 15.9. The molecule has 3 aliphatic heterocycles. The van der Waals surface area contributed by atoms with E-state index in [2.05, 4.69) is 26.6 Å². The lowest BCUT2D eigenvalue weighted by molar-refractivity contribution is -0.118. The second-order valence-corrected chi connectivity index (χ2v) is 7.78. The molecule has 1 amide bonds. The number of nitrogens with one attached hydrogen (secondary N) is 2. The molecule has 3 heterocycles. The van der Waals surface area contributed by atoms with Crippen LogP contribution in [0.5, 0.6) is 0 Å². The highest BCUT2D eigenvalue weighted by molar-refractivity contribution is 9.10. The Hall–Kier alpha value is -1.60. The van der Waals surface area contributed by atoms with E-state index in [1.807, 2.05) is 0 Å². The predicted molar refractivity (Wildman–Crippen MR) is 94.0 cm³/mol. The van der Waals surface area contributed by atoms with Gasteiger partial charge in [0.25, 0.3) is 0 Å². The van der Waals surface area contributed by atoms with Crippen LogP contribution in [0.15, 0.2) is 45.2 Å². The Morgan fingerprint density at radius 2 is 2.00 bits per heavy atom. The molecule has 7 heteroatoms. The van der Waals surface area contributed by atoms with Gasteiger partial charge < -0.3 is 10.6 Å². The number of Topliss-reactive ketones (excluding diaryl/α,β-unsaturated/α-hetero) is 1. The lowest BCUT2D eigenvalue weighted by Gasteiger charge is -2.37. The molecule has 24 heavy (non-hydrogen) atoms. The van der Waals surface area contributed by atoms with E-state index in [4.69, 9.17) is 0 Å². The van der Waals surface area contributed by atoms with Crippen molar-refractivity contribution in [1.82, 2.24) is 10.6 Å². The van der Waals surface area contributed by atoms with Gasteiger partial charge in [-0.25, -0.2) is 4.39 Å². The van der Waals surface area contributed by atoms with Crippen molar-refractivity contribution in [3.05, 3.63) is 56.6 Å². The summed E-state index contributed by atoms with van der Waals surface area (Å²) in [4.78, 5) is 25.1. The number of hydrogen-bond donors (Lipinski definition) is 2. The fraction of sp³-hybridized carbons (Fsp3) is 0.294. The zero-order valence-corrected chi connectivity index (χ0v) is 15.0. The molecule has 0 fully saturated rings. The van der Waals surface area contributed by atoms with Crippen molar-refractivity contribution in [3.8, 4) is 0 Å². The van der Waals surface area contributed by atoms with Crippen molar-refractivity contribution in [1.29, 1.82) is 0 Å². The lowest BCUT2D eigenvalue weighted by atomic mass is 9.77. The molecule has 1 atom stereocenters. The Kier molecular flexibility index (Phi) is 4.00. The van der Waals surface area contributed by atoms with E-state index >= 15 is 0 Å². The Bertz CT molecular complexity index is 792. The number of amides is 1. The van der Waals surface area contributed by atoms with Crippen LogP contribution in [0.2, 0.25) is 0 Å². The number of dihydropyridines is 1. The van der Waals surface area contributed by atoms with Crippen LogP contribution in [-0.4, -0.2) is 29.7 Å². The molecular weight excluding hydrogens is 395 g/mol. The highest BCUT2D eigenvalue weighted by Gasteiger charge is 2.40. The maximum atomic E-state index is 13.7. The fourth-order valence-electron chi connectivity index (χ4n) is 3.46. The van der Waals surface area contributed by atoms with E-state index in [1.165, 1.54) is 6.07 Å². The molecule has 0 saturated carbocycles. The van der Waals surface area contributed by atoms with Gasteiger partial charge in [-0.1, -0.05) is 6.07 Å². The van der Waals surface area contributed by atoms with Gasteiger partial charge in [0, 0.05) is 47.2 Å². The number of rotatable bonds is 1. The summed E-state index contributed by atoms with van der Waals surface area (Å²) in [6.45, 7) is 0.578. The summed E-state index contributed by atoms with van der Waals surface area (Å²) in [5.41, 5.74) is 3.73. The zero-order chi connectivity index (χ0) is 16.8. The summed E-state index contributed by atoms with van der Waals surface area (Å²) in [7, 11) is 0. The van der Waals surface area contributed by atoms with Gasteiger partial charge in [-0.05, 0) is 33.6 Å². The molecule has 0 radical (unpaired) electrons. The first-order chi connectivity index (χ1) is 11.6. The van der Waals surface area contributed by atoms with Gasteiger partial charge in [0.15, 0.2) is 5.78 Å². The van der Waals surface area contributed by atoms with E-state index in [0.717, 1.165) is 22.7 Å². The number of allylic oxidation sites excluding steroid dienone is 1. The summed E-state index contributed by atoms with van der Waals surface area (Å²) in [6.07, 6.45) is 0.704. The molecule has 0 aromatic heterocycles. The second-order valence-electron chi connectivity index (χ2n) is 5.94. The van der Waals surface area contributed by atoms with E-state index in [-0.39, 0.29) is 17.5 Å². The van der Waals surface area contributed by atoms with Crippen molar-refractivity contribution < 1.29 is 14.0 Å². The SMILES string of the molecule is O=C1CSCC2=C1C(c1ccc(F)c(Br)c1)C1=C(CCNC1=O)N2. The molecule has 124 valence electrons. The minimum Gasteiger partial charge on any atom is -0.361 e. The number of carbonyl (C=O) groups excluding carboxylic acids is 2. The number of carbonyl (C=O) groups is 2. The molecule has 4 nitrogen and oxygen atoms in total. The van der Waals surface area contributed by atoms with Crippen LogP contribution in [0.3, 0.4) is 0 Å². The highest BCUT2D eigenvalue weighted by atomic mass is 79.9. The van der Waals surface area contributed by atoms with Gasteiger partial charge >= 0.3 is 0 Å². The third-order valence-corrected chi connectivity index (χ3v) is 6.06. The molecule has 0 bridgehead atoms. The Morgan fingerprint density at radius 3 is 2.79 bits per heavy atom. The van der Waals surface area contributed by atoms with E-state index < -0.39 is 5.92 Å². The lowest BCUT2D eigenvalue weighted by Crippen LogP contribution is -2.43. The van der Waals surface area contributed by atoms with Crippen molar-refractivity contribution >= 4 is 39.4 Å². The minimum atomic E-state index is -0.443. The molecule has 0 aliphatic carbocycles. The van der Waals surface area contributed by atoms with Crippen molar-refractivity contribution in [2.24, 2.45) is 0 Å². The monoisotopic (exact) mass is 408 g/mol. The number of thioether (sulfide) groups is 1. The molecule has 1 unspecified atom stereocenters. The van der Waals surface area contributed by atoms with Gasteiger partial charge in [-0.15, -0.1) is 11.8 Å². The maximum Gasteiger partial charge on any atom is 0.249 e. The van der Waals surface area contributed by atoms with E-state index in [1.54, 1.807) is 23.9 Å². The van der Waals surface area contributed by atoms with Crippen molar-refractivity contribution in [2.75, 3.05) is 18.1 Å². The van der Waals surface area contributed by atoms with Crippen LogP contribution in [-0.2, 0) is 9.59 Å². The standard InChI is InChI=1S/C17H14BrFN2O2S/c18-9-5-8(1-2-10(9)19)14-15-12(6-24-7-13(15)22)21-11-3-4-20-17(23)16(11)14/h1-2,5,14,21H,3-4,6-7H2,(H,20,23). The summed E-state index contributed by atoms with van der Waals surface area (Å²) < 4.78 is 14.0. The highest BCUT2D eigenvalue weighted by Crippen LogP contribution is 2.43. The average molecular weight is 409 g/mol. The molecule has 4 rings (SSSR count). The summed E-state index contributed by atoms with van der Waals surface area (Å²) in [5.74, 6) is 0.189. The van der Waals surface area contributed by atoms with Gasteiger partial charge in [-0.3, -0.25) is 9.59 Å². The van der Waals surface area contributed by atoms with Gasteiger partial charge in [0.1, 0.15) is 5.82 Å². The number of hydrogen-bond acceptors (Lipinski definition) is 4. The molecule has 2 N–H and O–H groups in total. The topological polar surface area (TPSA) is 58.2 Å². The number of halogens is 2. The zero-order valence-electron chi connectivity index (χ0n) is 12.6. The molecular formula is C17H14BrFN2O2S. The fourth-order valence-corrected chi connectivity index (χ4v) is 4.73. The quantitative estimate of drug-likeness (QED) is 0.749. The Balaban J connectivity index is 1.92. The van der Waals surface area contributed by atoms with Crippen LogP contribution in [0.1, 0.15) is 17.9 Å². The predicted octanol–water partition coefficient (Wildman–Crippen LogP) is 2.62. The minimum absolute atomic E-state index is 0.0316. The van der Waals surface area contributed by atoms with Crippen LogP contribution in [0.4, 0.5) is 4.39 Å². The Labute approximate surface area is 151 Å². The number of benzene rings is 1. The first-order valence-electron chi connectivity index (χ1n) is 7.63. The largest absolute Gasteiger partial charge is 0.361 e. The normalized spacial score (nSPS) is 23.5. The second kappa shape index (κ2) is 6.04. The van der Waals surface area contributed by atoms with Crippen LogP contribution >= 0.6 is 27.7 Å². The van der Waals surface area contributed by atoms with Crippen molar-refractivity contribution in [2.45, 2.75) is 12.3 Å².